The van der Waals surface area contributed by atoms with Crippen molar-refractivity contribution in [2.45, 2.75) is 63.1 Å². The van der Waals surface area contributed by atoms with Crippen LogP contribution in [0.4, 0.5) is 20.2 Å². The first-order valence-electron chi connectivity index (χ1n) is 19.8. The number of rotatable bonds is 8. The van der Waals surface area contributed by atoms with Crippen molar-refractivity contribution in [1.29, 1.82) is 5.26 Å². The molecule has 4 fully saturated rings. The minimum absolute atomic E-state index is 0.0186. The van der Waals surface area contributed by atoms with E-state index >= 15 is 8.78 Å². The third-order valence-electron chi connectivity index (χ3n) is 12.2. The van der Waals surface area contributed by atoms with Crippen molar-refractivity contribution in [3.8, 4) is 6.07 Å². The second-order valence-electron chi connectivity index (χ2n) is 16.6. The van der Waals surface area contributed by atoms with Gasteiger partial charge in [-0.15, -0.1) is 0 Å². The SMILES string of the molecule is CC(C)(O)c1cc2nn(C3CCN(C4CN(C(=O)C5CN(c6cc(F)c([C@H]7CCC(=O)NC7=O)c(F)c6)C5)C4)CC3)cc2cc1NC(=O)c1ccc2cc(C#N)cnn12. The molecule has 5 aromatic rings. The number of carbonyl (C=O) groups is 4. The number of amides is 4. The van der Waals surface area contributed by atoms with E-state index < -0.39 is 40.9 Å². The zero-order valence-electron chi connectivity index (χ0n) is 32.5. The van der Waals surface area contributed by atoms with Gasteiger partial charge in [-0.05, 0) is 75.6 Å². The maximum atomic E-state index is 15.1. The summed E-state index contributed by atoms with van der Waals surface area (Å²) in [7, 11) is 0. The Hall–Kier alpha value is -6.25. The van der Waals surface area contributed by atoms with Gasteiger partial charge in [-0.3, -0.25) is 34.1 Å². The van der Waals surface area contributed by atoms with Crippen molar-refractivity contribution in [1.82, 2.24) is 34.5 Å². The fraction of sp³-hybridized carbons (Fsp3) is 0.405. The van der Waals surface area contributed by atoms with Crippen LogP contribution in [0.25, 0.3) is 16.4 Å². The van der Waals surface area contributed by atoms with Crippen LogP contribution in [0.1, 0.15) is 78.7 Å². The zero-order chi connectivity index (χ0) is 41.3. The maximum Gasteiger partial charge on any atom is 0.274 e. The van der Waals surface area contributed by atoms with Crippen LogP contribution in [0.15, 0.2) is 54.9 Å². The second kappa shape index (κ2) is 14.5. The molecule has 7 heterocycles. The van der Waals surface area contributed by atoms with Crippen LogP contribution in [0.2, 0.25) is 0 Å². The Labute approximate surface area is 337 Å². The van der Waals surface area contributed by atoms with Gasteiger partial charge < -0.3 is 20.2 Å². The van der Waals surface area contributed by atoms with Crippen molar-refractivity contribution >= 4 is 51.4 Å². The Bertz CT molecular complexity index is 2570. The van der Waals surface area contributed by atoms with Crippen LogP contribution in [-0.2, 0) is 20.0 Å². The number of hydrogen-bond acceptors (Lipinski definition) is 10. The molecule has 3 aromatic heterocycles. The Morgan fingerprint density at radius 1 is 0.983 bits per heavy atom. The highest BCUT2D eigenvalue weighted by Crippen LogP contribution is 2.37. The molecule has 0 bridgehead atoms. The number of nitrogens with zero attached hydrogens (tertiary/aromatic N) is 8. The molecule has 4 amide bonds. The first-order valence-corrected chi connectivity index (χ1v) is 19.8. The van der Waals surface area contributed by atoms with Crippen LogP contribution >= 0.6 is 0 Å². The lowest BCUT2D eigenvalue weighted by Crippen LogP contribution is -2.65. The van der Waals surface area contributed by atoms with Gasteiger partial charge in [-0.25, -0.2) is 13.3 Å². The van der Waals surface area contributed by atoms with E-state index in [9.17, 15) is 29.5 Å². The third kappa shape index (κ3) is 7.05. The molecular weight excluding hydrogens is 763 g/mol. The molecule has 0 radical (unpaired) electrons. The van der Waals surface area contributed by atoms with E-state index in [2.05, 4.69) is 20.6 Å². The van der Waals surface area contributed by atoms with E-state index in [1.807, 2.05) is 34.0 Å². The summed E-state index contributed by atoms with van der Waals surface area (Å²) in [6, 6.07) is 13.5. The lowest BCUT2D eigenvalue weighted by atomic mass is 9.89. The minimum Gasteiger partial charge on any atom is -0.386 e. The number of anilines is 2. The fourth-order valence-electron chi connectivity index (χ4n) is 8.85. The van der Waals surface area contributed by atoms with E-state index in [1.165, 1.54) is 22.8 Å². The van der Waals surface area contributed by atoms with Gasteiger partial charge in [-0.1, -0.05) is 0 Å². The number of halogens is 2. The second-order valence-corrected chi connectivity index (χ2v) is 16.6. The number of benzene rings is 2. The van der Waals surface area contributed by atoms with Gasteiger partial charge in [0.15, 0.2) is 0 Å². The highest BCUT2D eigenvalue weighted by molar-refractivity contribution is 6.05. The van der Waals surface area contributed by atoms with Gasteiger partial charge >= 0.3 is 0 Å². The van der Waals surface area contributed by atoms with Crippen LogP contribution < -0.4 is 15.5 Å². The predicted molar refractivity (Wildman–Crippen MR) is 210 cm³/mol. The lowest BCUT2D eigenvalue weighted by Gasteiger charge is -2.50. The molecular formula is C42H42F2N10O5. The first kappa shape index (κ1) is 38.3. The number of aromatic nitrogens is 4. The summed E-state index contributed by atoms with van der Waals surface area (Å²) in [6.45, 7) is 6.92. The zero-order valence-corrected chi connectivity index (χ0v) is 32.5. The molecule has 17 heteroatoms. The largest absolute Gasteiger partial charge is 0.386 e. The van der Waals surface area contributed by atoms with Crippen molar-refractivity contribution in [2.24, 2.45) is 5.92 Å². The number of carbonyl (C=O) groups excluding carboxylic acids is 4. The number of nitriles is 1. The van der Waals surface area contributed by atoms with E-state index in [-0.39, 0.29) is 48.0 Å². The Balaban J connectivity index is 0.785. The summed E-state index contributed by atoms with van der Waals surface area (Å²) in [5.74, 6) is -4.55. The first-order chi connectivity index (χ1) is 28.2. The molecule has 0 unspecified atom stereocenters. The average molecular weight is 805 g/mol. The van der Waals surface area contributed by atoms with Gasteiger partial charge in [0.1, 0.15) is 23.4 Å². The molecule has 15 nitrogen and oxygen atoms in total. The molecule has 4 saturated heterocycles. The molecule has 1 atom stereocenters. The summed E-state index contributed by atoms with van der Waals surface area (Å²) in [4.78, 5) is 56.5. The summed E-state index contributed by atoms with van der Waals surface area (Å²) in [6.07, 6.45) is 5.15. The standard InChI is InChI=1S/C42H42F2N10O5/c1-42(2,59)31-15-34-24(12-35(31)47-40(57)36-5-3-27-11-23(16-45)17-46-54(27)36)20-53(49-34)26-7-9-50(10-8-26)29-21-52(22-29)41(58)25-18-51(19-25)28-13-32(43)38(33(44)14-28)30-4-6-37(55)48-39(30)56/h3,5,11-15,17,20,25-26,29-30,59H,4,6-10,18-19,21-22H2,1-2H3,(H,47,57)(H,48,55,56)/t30-/m1/s1. The Morgan fingerprint density at radius 2 is 1.71 bits per heavy atom. The monoisotopic (exact) mass is 804 g/mol. The van der Waals surface area contributed by atoms with Gasteiger partial charge in [0.25, 0.3) is 5.91 Å². The summed E-state index contributed by atoms with van der Waals surface area (Å²) in [5.41, 5.74) is 1.64. The van der Waals surface area contributed by atoms with E-state index in [1.54, 1.807) is 36.9 Å². The highest BCUT2D eigenvalue weighted by Gasteiger charge is 2.43. The summed E-state index contributed by atoms with van der Waals surface area (Å²) in [5, 5.41) is 35.4. The number of hydrogen-bond donors (Lipinski definition) is 3. The summed E-state index contributed by atoms with van der Waals surface area (Å²) < 4.78 is 33.6. The highest BCUT2D eigenvalue weighted by atomic mass is 19.1. The molecule has 304 valence electrons. The van der Waals surface area contributed by atoms with Gasteiger partial charge in [0.2, 0.25) is 17.7 Å². The van der Waals surface area contributed by atoms with Crippen LogP contribution in [0.3, 0.4) is 0 Å². The van der Waals surface area contributed by atoms with Crippen LogP contribution in [0.5, 0.6) is 0 Å². The van der Waals surface area contributed by atoms with E-state index in [0.29, 0.717) is 59.7 Å². The van der Waals surface area contributed by atoms with Gasteiger partial charge in [0, 0.05) is 85.8 Å². The van der Waals surface area contributed by atoms with E-state index in [4.69, 9.17) is 5.10 Å². The number of nitrogens with one attached hydrogen (secondary N) is 2. The van der Waals surface area contributed by atoms with Crippen LogP contribution in [0, 0.1) is 28.9 Å². The number of piperidine rings is 2. The van der Waals surface area contributed by atoms with Gasteiger partial charge in [0.05, 0.1) is 46.3 Å². The van der Waals surface area contributed by atoms with Crippen LogP contribution in [-0.4, -0.2) is 103 Å². The molecule has 0 saturated carbocycles. The normalized spacial score (nSPS) is 19.8. The quantitative estimate of drug-likeness (QED) is 0.195. The predicted octanol–water partition coefficient (Wildman–Crippen LogP) is 3.82. The number of imide groups is 1. The molecule has 4 aliphatic heterocycles. The molecule has 0 aliphatic carbocycles. The van der Waals surface area contributed by atoms with E-state index in [0.717, 1.165) is 31.3 Å². The Kier molecular flexibility index (Phi) is 9.43. The minimum atomic E-state index is -1.28. The number of likely N-dealkylation sites (tertiary alicyclic amines) is 2. The topological polar surface area (TPSA) is 181 Å². The lowest BCUT2D eigenvalue weighted by molar-refractivity contribution is -0.144. The molecule has 2 aromatic carbocycles. The van der Waals surface area contributed by atoms with Crippen molar-refractivity contribution in [2.75, 3.05) is 49.5 Å². The Morgan fingerprint density at radius 3 is 2.39 bits per heavy atom. The molecule has 59 heavy (non-hydrogen) atoms. The molecule has 4 aliphatic rings. The average Bonchev–Trinajstić information content (AvgIpc) is 3.78. The van der Waals surface area contributed by atoms with Gasteiger partial charge in [-0.2, -0.15) is 15.5 Å². The van der Waals surface area contributed by atoms with Crippen molar-refractivity contribution < 1.29 is 33.1 Å². The fourth-order valence-corrected chi connectivity index (χ4v) is 8.85. The molecule has 3 N–H and O–H groups in total. The summed E-state index contributed by atoms with van der Waals surface area (Å²) >= 11 is 0. The van der Waals surface area contributed by atoms with Crippen molar-refractivity contribution in [3.63, 3.8) is 0 Å². The van der Waals surface area contributed by atoms with Crippen molar-refractivity contribution in [3.05, 3.63) is 88.9 Å². The third-order valence-corrected chi connectivity index (χ3v) is 12.2. The molecule has 9 rings (SSSR count). The maximum absolute atomic E-state index is 15.1. The molecule has 0 spiro atoms. The smallest absolute Gasteiger partial charge is 0.274 e. The number of aliphatic hydroxyl groups is 1. The number of fused-ring (bicyclic) bond motifs is 2.